The summed E-state index contributed by atoms with van der Waals surface area (Å²) in [6, 6.07) is 63.3. The molecule has 48 heavy (non-hydrogen) atoms. The molecule has 2 nitrogen and oxygen atoms in total. The lowest BCUT2D eigenvalue weighted by Gasteiger charge is -2.14. The normalized spacial score (nSPS) is 11.8. The second kappa shape index (κ2) is 10.6. The first-order chi connectivity index (χ1) is 23.8. The minimum atomic E-state index is 0.918. The third-order valence-electron chi connectivity index (χ3n) is 9.76. The maximum absolute atomic E-state index is 6.50. The Labute approximate surface area is 277 Å². The molecule has 0 aliphatic carbocycles. The van der Waals surface area contributed by atoms with E-state index in [0.29, 0.717) is 0 Å². The highest BCUT2D eigenvalue weighted by atomic mass is 16.3. The summed E-state index contributed by atoms with van der Waals surface area (Å²) >= 11 is 0. The number of nitrogens with zero attached hydrogens (tertiary/aromatic N) is 1. The highest BCUT2D eigenvalue weighted by Gasteiger charge is 2.18. The number of furan rings is 1. The van der Waals surface area contributed by atoms with Gasteiger partial charge in [-0.3, -0.25) is 0 Å². The van der Waals surface area contributed by atoms with E-state index in [1.807, 2.05) is 6.07 Å². The van der Waals surface area contributed by atoms with Crippen LogP contribution in [0, 0.1) is 0 Å². The Morgan fingerprint density at radius 3 is 1.56 bits per heavy atom. The van der Waals surface area contributed by atoms with Crippen molar-refractivity contribution in [3.05, 3.63) is 176 Å². The molecule has 0 saturated heterocycles. The second-order valence-electron chi connectivity index (χ2n) is 12.5. The Kier molecular flexibility index (Phi) is 5.91. The SMILES string of the molecule is c1ccc(-c2cc(-c3ccccc3)cc(-c3cccc(-n4c5ccccc5c5ccc6c(ccc7c8ccccc8oc76)c54)c3)c2)cc1. The van der Waals surface area contributed by atoms with E-state index in [1.165, 1.54) is 60.6 Å². The third-order valence-corrected chi connectivity index (χ3v) is 9.76. The molecule has 0 fully saturated rings. The zero-order valence-electron chi connectivity index (χ0n) is 26.1. The van der Waals surface area contributed by atoms with Gasteiger partial charge in [0.15, 0.2) is 0 Å². The Bertz CT molecular complexity index is 2760. The van der Waals surface area contributed by atoms with Crippen LogP contribution in [0.25, 0.3) is 93.6 Å². The Morgan fingerprint density at radius 2 is 0.854 bits per heavy atom. The van der Waals surface area contributed by atoms with Crippen LogP contribution in [-0.4, -0.2) is 4.57 Å². The molecule has 0 spiro atoms. The van der Waals surface area contributed by atoms with Crippen molar-refractivity contribution < 1.29 is 4.42 Å². The maximum atomic E-state index is 6.50. The van der Waals surface area contributed by atoms with Gasteiger partial charge in [-0.15, -0.1) is 0 Å². The van der Waals surface area contributed by atoms with Crippen LogP contribution in [0.5, 0.6) is 0 Å². The van der Waals surface area contributed by atoms with E-state index >= 15 is 0 Å². The van der Waals surface area contributed by atoms with Crippen molar-refractivity contribution in [2.24, 2.45) is 0 Å². The highest BCUT2D eigenvalue weighted by molar-refractivity contribution is 6.24. The summed E-state index contributed by atoms with van der Waals surface area (Å²) in [6.45, 7) is 0. The van der Waals surface area contributed by atoms with Gasteiger partial charge in [-0.05, 0) is 88.0 Å². The number of aromatic nitrogens is 1. The number of para-hydroxylation sites is 2. The standard InChI is InChI=1S/C46H29NO/c1-3-12-30(13-4-1)33-26-34(31-14-5-2-6-15-31)28-35(27-33)32-16-11-17-36(29-32)47-43-20-9-7-18-37(43)39-22-25-42-40(45(39)47)23-24-41-38-19-8-10-21-44(38)48-46(41)42/h1-29H. The van der Waals surface area contributed by atoms with E-state index in [0.717, 1.165) is 33.0 Å². The fourth-order valence-electron chi connectivity index (χ4n) is 7.53. The molecule has 8 aromatic carbocycles. The summed E-state index contributed by atoms with van der Waals surface area (Å²) in [6.07, 6.45) is 0. The van der Waals surface area contributed by atoms with Gasteiger partial charge in [-0.2, -0.15) is 0 Å². The van der Waals surface area contributed by atoms with Gasteiger partial charge in [0, 0.05) is 38.0 Å². The first-order valence-corrected chi connectivity index (χ1v) is 16.4. The molecule has 0 amide bonds. The molecule has 0 atom stereocenters. The summed E-state index contributed by atoms with van der Waals surface area (Å²) in [4.78, 5) is 0. The molecule has 0 radical (unpaired) electrons. The van der Waals surface area contributed by atoms with E-state index in [9.17, 15) is 0 Å². The van der Waals surface area contributed by atoms with E-state index in [4.69, 9.17) is 4.42 Å². The van der Waals surface area contributed by atoms with Gasteiger partial charge in [-0.25, -0.2) is 0 Å². The van der Waals surface area contributed by atoms with Gasteiger partial charge in [0.05, 0.1) is 11.0 Å². The number of benzene rings is 8. The van der Waals surface area contributed by atoms with Crippen molar-refractivity contribution in [2.75, 3.05) is 0 Å². The average Bonchev–Trinajstić information content (AvgIpc) is 3.72. The van der Waals surface area contributed by atoms with Crippen LogP contribution in [0.15, 0.2) is 180 Å². The number of hydrogen-bond acceptors (Lipinski definition) is 1. The Balaban J connectivity index is 1.23. The van der Waals surface area contributed by atoms with Crippen molar-refractivity contribution in [3.63, 3.8) is 0 Å². The van der Waals surface area contributed by atoms with E-state index in [2.05, 4.69) is 174 Å². The van der Waals surface area contributed by atoms with Gasteiger partial charge in [0.2, 0.25) is 0 Å². The highest BCUT2D eigenvalue weighted by Crippen LogP contribution is 2.41. The minimum Gasteiger partial charge on any atom is -0.455 e. The van der Waals surface area contributed by atoms with Gasteiger partial charge in [-0.1, -0.05) is 121 Å². The van der Waals surface area contributed by atoms with Crippen molar-refractivity contribution in [2.45, 2.75) is 0 Å². The molecule has 0 bridgehead atoms. The molecule has 2 heteroatoms. The first-order valence-electron chi connectivity index (χ1n) is 16.4. The van der Waals surface area contributed by atoms with Crippen LogP contribution < -0.4 is 0 Å². The van der Waals surface area contributed by atoms with E-state index in [1.54, 1.807) is 0 Å². The molecule has 10 aromatic rings. The molecule has 2 aromatic heterocycles. The smallest absolute Gasteiger partial charge is 0.143 e. The largest absolute Gasteiger partial charge is 0.455 e. The first kappa shape index (κ1) is 26.8. The van der Waals surface area contributed by atoms with Crippen LogP contribution in [0.2, 0.25) is 0 Å². The van der Waals surface area contributed by atoms with Crippen molar-refractivity contribution in [1.82, 2.24) is 4.57 Å². The maximum Gasteiger partial charge on any atom is 0.143 e. The van der Waals surface area contributed by atoms with Crippen LogP contribution in [0.4, 0.5) is 0 Å². The van der Waals surface area contributed by atoms with Gasteiger partial charge < -0.3 is 8.98 Å². The predicted molar refractivity (Wildman–Crippen MR) is 202 cm³/mol. The third kappa shape index (κ3) is 4.13. The lowest BCUT2D eigenvalue weighted by Crippen LogP contribution is -1.95. The molecular weight excluding hydrogens is 583 g/mol. The van der Waals surface area contributed by atoms with E-state index in [-0.39, 0.29) is 0 Å². The van der Waals surface area contributed by atoms with E-state index < -0.39 is 0 Å². The second-order valence-corrected chi connectivity index (χ2v) is 12.5. The number of hydrogen-bond donors (Lipinski definition) is 0. The van der Waals surface area contributed by atoms with Gasteiger partial charge >= 0.3 is 0 Å². The molecule has 224 valence electrons. The summed E-state index contributed by atoms with van der Waals surface area (Å²) in [5.74, 6) is 0. The van der Waals surface area contributed by atoms with Crippen molar-refractivity contribution in [1.29, 1.82) is 0 Å². The molecule has 0 unspecified atom stereocenters. The molecule has 10 rings (SSSR count). The van der Waals surface area contributed by atoms with Crippen LogP contribution in [0.1, 0.15) is 0 Å². The van der Waals surface area contributed by atoms with Crippen LogP contribution in [-0.2, 0) is 0 Å². The molecule has 2 heterocycles. The topological polar surface area (TPSA) is 18.1 Å². The van der Waals surface area contributed by atoms with Crippen LogP contribution in [0.3, 0.4) is 0 Å². The monoisotopic (exact) mass is 611 g/mol. The molecule has 0 saturated carbocycles. The quantitative estimate of drug-likeness (QED) is 0.194. The molecule has 0 aliphatic heterocycles. The van der Waals surface area contributed by atoms with Crippen molar-refractivity contribution in [3.8, 4) is 39.1 Å². The van der Waals surface area contributed by atoms with Gasteiger partial charge in [0.1, 0.15) is 11.2 Å². The summed E-state index contributed by atoms with van der Waals surface area (Å²) in [7, 11) is 0. The lowest BCUT2D eigenvalue weighted by molar-refractivity contribution is 0.672. The lowest BCUT2D eigenvalue weighted by atomic mass is 9.93. The Hall–Kier alpha value is -6.38. The number of rotatable bonds is 4. The number of fused-ring (bicyclic) bond motifs is 9. The summed E-state index contributed by atoms with van der Waals surface area (Å²) < 4.78 is 8.93. The molecule has 0 N–H and O–H groups in total. The average molecular weight is 612 g/mol. The fourth-order valence-corrected chi connectivity index (χ4v) is 7.53. The zero-order chi connectivity index (χ0) is 31.6. The van der Waals surface area contributed by atoms with Crippen molar-refractivity contribution >= 4 is 54.5 Å². The molecular formula is C46H29NO. The predicted octanol–water partition coefficient (Wildman–Crippen LogP) is 12.8. The summed E-state index contributed by atoms with van der Waals surface area (Å²) in [5, 5.41) is 7.07. The van der Waals surface area contributed by atoms with Crippen LogP contribution >= 0.6 is 0 Å². The molecule has 0 aliphatic rings. The Morgan fingerprint density at radius 1 is 0.333 bits per heavy atom. The minimum absolute atomic E-state index is 0.918. The summed E-state index contributed by atoms with van der Waals surface area (Å²) in [5.41, 5.74) is 12.5. The fraction of sp³-hybridized carbons (Fsp3) is 0. The zero-order valence-corrected chi connectivity index (χ0v) is 26.1. The van der Waals surface area contributed by atoms with Gasteiger partial charge in [0.25, 0.3) is 0 Å².